The van der Waals surface area contributed by atoms with E-state index in [0.717, 1.165) is 0 Å². The molecule has 0 saturated carbocycles. The van der Waals surface area contributed by atoms with E-state index in [4.69, 9.17) is 0 Å². The maximum absolute atomic E-state index is 12.1. The predicted octanol–water partition coefficient (Wildman–Crippen LogP) is -0.321. The number of carbonyl (C=O) groups excluding carboxylic acids is 3. The largest absolute Gasteiger partial charge is 0.493 e. The van der Waals surface area contributed by atoms with Gasteiger partial charge in [0.05, 0.1) is 0 Å². The average molecular weight is 281 g/mol. The van der Waals surface area contributed by atoms with E-state index >= 15 is 0 Å². The summed E-state index contributed by atoms with van der Waals surface area (Å²) in [6.07, 6.45) is -4.03. The Morgan fingerprint density at radius 2 is 2.05 bits per heavy atom. The fourth-order valence-electron chi connectivity index (χ4n) is 2.03. The van der Waals surface area contributed by atoms with E-state index in [-0.39, 0.29) is 5.06 Å². The highest BCUT2D eigenvalue weighted by Gasteiger charge is 2.51. The van der Waals surface area contributed by atoms with E-state index < -0.39 is 36.2 Å². The van der Waals surface area contributed by atoms with Crippen molar-refractivity contribution in [1.29, 1.82) is 0 Å². The first kappa shape index (κ1) is 13.6. The van der Waals surface area contributed by atoms with E-state index in [1.807, 2.05) is 5.32 Å². The Balaban J connectivity index is 2.13. The summed E-state index contributed by atoms with van der Waals surface area (Å²) < 4.78 is 36.3. The quantitative estimate of drug-likeness (QED) is 0.677. The van der Waals surface area contributed by atoms with Crippen molar-refractivity contribution in [2.24, 2.45) is 0 Å². The molecule has 106 valence electrons. The number of alkyl halides is 3. The zero-order valence-electron chi connectivity index (χ0n) is 9.49. The molecule has 2 heterocycles. The van der Waals surface area contributed by atoms with Crippen LogP contribution in [0.1, 0.15) is 12.8 Å². The normalized spacial score (nSPS) is 27.6. The molecular weight excluding hydrogens is 271 g/mol. The predicted molar refractivity (Wildman–Crippen MR) is 52.3 cm³/mol. The third-order valence-corrected chi connectivity index (χ3v) is 2.84. The molecule has 2 N–H and O–H groups in total. The lowest BCUT2D eigenvalue weighted by Gasteiger charge is -2.24. The van der Waals surface area contributed by atoms with Crippen LogP contribution in [0, 0.1) is 0 Å². The van der Waals surface area contributed by atoms with E-state index in [2.05, 4.69) is 10.2 Å². The van der Waals surface area contributed by atoms with Gasteiger partial charge in [-0.05, 0) is 19.4 Å². The fourth-order valence-corrected chi connectivity index (χ4v) is 2.03. The number of rotatable bonds is 2. The van der Waals surface area contributed by atoms with Crippen LogP contribution in [-0.4, -0.2) is 47.8 Å². The smallest absolute Gasteiger partial charge is 0.327 e. The van der Waals surface area contributed by atoms with Crippen molar-refractivity contribution in [2.45, 2.75) is 31.1 Å². The Bertz CT molecular complexity index is 419. The summed E-state index contributed by atoms with van der Waals surface area (Å²) in [6, 6.07) is -2.99. The van der Waals surface area contributed by atoms with Crippen LogP contribution in [-0.2, 0) is 14.4 Å². The Kier molecular flexibility index (Phi) is 3.35. The van der Waals surface area contributed by atoms with Crippen LogP contribution < -0.4 is 10.6 Å². The van der Waals surface area contributed by atoms with Gasteiger partial charge in [0.25, 0.3) is 5.91 Å². The van der Waals surface area contributed by atoms with Crippen LogP contribution in [0.3, 0.4) is 0 Å². The maximum Gasteiger partial charge on any atom is 0.493 e. The average Bonchev–Trinajstić information content (AvgIpc) is 2.87. The molecule has 2 aliphatic heterocycles. The standard InChI is InChI=1S/C9H10F3N3O4/c10-9(11,12)7(17)19-15-5(4-2-1-3-13-4)6(16)14-8(15)18/h4-5,13H,1-3H2,(H,14,16,18)/t4-,5+/m0/s1. The highest BCUT2D eigenvalue weighted by atomic mass is 19.4. The number of nitrogens with zero attached hydrogens (tertiary/aromatic N) is 1. The van der Waals surface area contributed by atoms with Crippen molar-refractivity contribution in [3.8, 4) is 0 Å². The molecule has 2 rings (SSSR count). The molecule has 0 radical (unpaired) electrons. The van der Waals surface area contributed by atoms with E-state index in [0.29, 0.717) is 19.4 Å². The number of urea groups is 1. The second-order valence-electron chi connectivity index (χ2n) is 4.14. The van der Waals surface area contributed by atoms with E-state index in [9.17, 15) is 27.6 Å². The third kappa shape index (κ3) is 2.62. The van der Waals surface area contributed by atoms with Crippen molar-refractivity contribution in [3.05, 3.63) is 0 Å². The Morgan fingerprint density at radius 1 is 1.37 bits per heavy atom. The molecule has 0 aliphatic carbocycles. The summed E-state index contributed by atoms with van der Waals surface area (Å²) in [5.74, 6) is -3.33. The molecule has 0 aromatic heterocycles. The van der Waals surface area contributed by atoms with Crippen molar-refractivity contribution < 1.29 is 32.4 Å². The number of carbonyl (C=O) groups is 3. The first-order valence-corrected chi connectivity index (χ1v) is 5.47. The number of imide groups is 1. The molecule has 10 heteroatoms. The molecule has 2 atom stereocenters. The monoisotopic (exact) mass is 281 g/mol. The van der Waals surface area contributed by atoms with Crippen molar-refractivity contribution >= 4 is 17.9 Å². The Morgan fingerprint density at radius 3 is 2.58 bits per heavy atom. The SMILES string of the molecule is O=C1NC(=O)N(OC(=O)C(F)(F)F)[C@@H]1[C@@H]1CCCN1. The van der Waals surface area contributed by atoms with Gasteiger partial charge in [-0.15, -0.1) is 5.06 Å². The third-order valence-electron chi connectivity index (χ3n) is 2.84. The second kappa shape index (κ2) is 4.68. The molecular formula is C9H10F3N3O4. The Labute approximate surface area is 105 Å². The number of hydrogen-bond donors (Lipinski definition) is 2. The van der Waals surface area contributed by atoms with Gasteiger partial charge in [0.2, 0.25) is 0 Å². The Hall–Kier alpha value is -1.84. The molecule has 0 bridgehead atoms. The summed E-state index contributed by atoms with van der Waals surface area (Å²) in [7, 11) is 0. The fraction of sp³-hybridized carbons (Fsp3) is 0.667. The zero-order valence-corrected chi connectivity index (χ0v) is 9.49. The highest BCUT2D eigenvalue weighted by molar-refractivity contribution is 6.04. The molecule has 19 heavy (non-hydrogen) atoms. The maximum atomic E-state index is 12.1. The molecule has 0 spiro atoms. The molecule has 0 aromatic carbocycles. The molecule has 2 saturated heterocycles. The summed E-state index contributed by atoms with van der Waals surface area (Å²) in [5.41, 5.74) is 0. The topological polar surface area (TPSA) is 87.7 Å². The van der Waals surface area contributed by atoms with Crippen molar-refractivity contribution in [2.75, 3.05) is 6.54 Å². The zero-order chi connectivity index (χ0) is 14.2. The van der Waals surface area contributed by atoms with Crippen LogP contribution in [0.25, 0.3) is 0 Å². The summed E-state index contributed by atoms with van der Waals surface area (Å²) in [4.78, 5) is 37.6. The van der Waals surface area contributed by atoms with Crippen molar-refractivity contribution in [3.63, 3.8) is 0 Å². The lowest BCUT2D eigenvalue weighted by Crippen LogP contribution is -2.50. The second-order valence-corrected chi connectivity index (χ2v) is 4.14. The highest BCUT2D eigenvalue weighted by Crippen LogP contribution is 2.23. The molecule has 2 aliphatic rings. The first-order chi connectivity index (χ1) is 8.80. The van der Waals surface area contributed by atoms with Gasteiger partial charge in [-0.3, -0.25) is 10.1 Å². The van der Waals surface area contributed by atoms with Gasteiger partial charge in [-0.1, -0.05) is 0 Å². The van der Waals surface area contributed by atoms with Crippen LogP contribution in [0.5, 0.6) is 0 Å². The van der Waals surface area contributed by atoms with Crippen LogP contribution in [0.4, 0.5) is 18.0 Å². The summed E-state index contributed by atoms with van der Waals surface area (Å²) >= 11 is 0. The van der Waals surface area contributed by atoms with Crippen LogP contribution >= 0.6 is 0 Å². The minimum Gasteiger partial charge on any atom is -0.327 e. The van der Waals surface area contributed by atoms with Gasteiger partial charge in [0.15, 0.2) is 6.04 Å². The minimum absolute atomic E-state index is 0.154. The molecule has 3 amide bonds. The molecule has 2 fully saturated rings. The minimum atomic E-state index is -5.24. The van der Waals surface area contributed by atoms with Crippen molar-refractivity contribution in [1.82, 2.24) is 15.7 Å². The van der Waals surface area contributed by atoms with Gasteiger partial charge in [0, 0.05) is 6.04 Å². The number of nitrogens with one attached hydrogen (secondary N) is 2. The first-order valence-electron chi connectivity index (χ1n) is 5.47. The molecule has 7 nitrogen and oxygen atoms in total. The summed E-state index contributed by atoms with van der Waals surface area (Å²) in [6.45, 7) is 0.573. The van der Waals surface area contributed by atoms with Gasteiger partial charge < -0.3 is 10.2 Å². The molecule has 0 unspecified atom stereocenters. The summed E-state index contributed by atoms with van der Waals surface area (Å²) in [5, 5.41) is 4.83. The lowest BCUT2D eigenvalue weighted by atomic mass is 10.1. The van der Waals surface area contributed by atoms with Gasteiger partial charge >= 0.3 is 18.2 Å². The number of hydroxylamine groups is 2. The van der Waals surface area contributed by atoms with Gasteiger partial charge in [-0.2, -0.15) is 13.2 Å². The number of halogens is 3. The van der Waals surface area contributed by atoms with E-state index in [1.165, 1.54) is 0 Å². The molecule has 0 aromatic rings. The number of hydrogen-bond acceptors (Lipinski definition) is 5. The lowest BCUT2D eigenvalue weighted by molar-refractivity contribution is -0.231. The van der Waals surface area contributed by atoms with Gasteiger partial charge in [0.1, 0.15) is 0 Å². The van der Waals surface area contributed by atoms with Gasteiger partial charge in [-0.25, -0.2) is 9.59 Å². The number of amides is 3. The van der Waals surface area contributed by atoms with Crippen LogP contribution in [0.2, 0.25) is 0 Å². The van der Waals surface area contributed by atoms with E-state index in [1.54, 1.807) is 0 Å². The van der Waals surface area contributed by atoms with Crippen LogP contribution in [0.15, 0.2) is 0 Å².